The summed E-state index contributed by atoms with van der Waals surface area (Å²) in [6.45, 7) is 2.71. The molecular weight excluding hydrogens is 383 g/mol. The summed E-state index contributed by atoms with van der Waals surface area (Å²) < 4.78 is 13.0. The van der Waals surface area contributed by atoms with E-state index in [2.05, 4.69) is 39.8 Å². The van der Waals surface area contributed by atoms with Crippen LogP contribution in [0.3, 0.4) is 0 Å². The zero-order chi connectivity index (χ0) is 21.5. The molecule has 1 fully saturated rings. The van der Waals surface area contributed by atoms with Crippen molar-refractivity contribution < 1.29 is 18.9 Å². The Morgan fingerprint density at radius 1 is 0.967 bits per heavy atom. The molecule has 2 aromatic carbocycles. The van der Waals surface area contributed by atoms with E-state index in [9.17, 15) is 14.0 Å². The van der Waals surface area contributed by atoms with E-state index in [0.29, 0.717) is 6.54 Å². The quantitative estimate of drug-likeness (QED) is 0.595. The van der Waals surface area contributed by atoms with Crippen molar-refractivity contribution in [1.82, 2.24) is 10.6 Å². The van der Waals surface area contributed by atoms with E-state index >= 15 is 0 Å². The molecule has 30 heavy (non-hydrogen) atoms. The lowest BCUT2D eigenvalue weighted by Gasteiger charge is -2.25. The Hall–Kier alpha value is -2.93. The third kappa shape index (κ3) is 5.79. The molecule has 1 saturated heterocycles. The van der Waals surface area contributed by atoms with Crippen molar-refractivity contribution in [3.8, 4) is 0 Å². The number of carbonyl (C=O) groups excluding carboxylic acids is 2. The van der Waals surface area contributed by atoms with Gasteiger partial charge in [0.15, 0.2) is 0 Å². The molecule has 7 heteroatoms. The van der Waals surface area contributed by atoms with Crippen molar-refractivity contribution >= 4 is 17.5 Å². The molecule has 2 amide bonds. The van der Waals surface area contributed by atoms with Gasteiger partial charge in [-0.1, -0.05) is 24.3 Å². The lowest BCUT2D eigenvalue weighted by molar-refractivity contribution is -0.918. The first-order chi connectivity index (χ1) is 14.4. The highest BCUT2D eigenvalue weighted by Gasteiger charge is 2.28. The van der Waals surface area contributed by atoms with Crippen molar-refractivity contribution in [1.29, 1.82) is 0 Å². The number of nitrogens with zero attached hydrogens (tertiary/aromatic N) is 1. The van der Waals surface area contributed by atoms with E-state index in [1.54, 1.807) is 12.1 Å². The van der Waals surface area contributed by atoms with Gasteiger partial charge in [-0.05, 0) is 29.8 Å². The molecule has 0 spiro atoms. The maximum absolute atomic E-state index is 13.0. The first kappa shape index (κ1) is 21.8. The maximum atomic E-state index is 13.0. The number of benzene rings is 2. The first-order valence-electron chi connectivity index (χ1n) is 10.4. The van der Waals surface area contributed by atoms with Crippen LogP contribution >= 0.6 is 0 Å². The molecule has 0 bridgehead atoms. The Labute approximate surface area is 177 Å². The van der Waals surface area contributed by atoms with Gasteiger partial charge in [0, 0.05) is 44.7 Å². The molecule has 0 aliphatic carbocycles. The normalized spacial score (nSPS) is 14.9. The number of anilines is 1. The molecule has 1 heterocycles. The molecule has 1 aliphatic rings. The monoisotopic (exact) mass is 413 g/mol. The average Bonchev–Trinajstić information content (AvgIpc) is 3.28. The predicted molar refractivity (Wildman–Crippen MR) is 115 cm³/mol. The molecule has 0 saturated carbocycles. The molecule has 1 atom stereocenters. The molecule has 2 aromatic rings. The van der Waals surface area contributed by atoms with E-state index in [4.69, 9.17) is 0 Å². The third-order valence-corrected chi connectivity index (χ3v) is 5.59. The topological polar surface area (TPSA) is 65.9 Å². The summed E-state index contributed by atoms with van der Waals surface area (Å²) in [4.78, 5) is 28.0. The summed E-state index contributed by atoms with van der Waals surface area (Å²) in [6.07, 6.45) is 2.35. The lowest BCUT2D eigenvalue weighted by atomic mass is 10.0. The standard InChI is InChI=1S/C23H29FN4O2/c1-27(2)20-11-7-18(8-12-20)21(28-13-3-4-14-28)16-26-23(30)22(29)25-15-17-5-9-19(24)10-6-17/h5-12,21H,3-4,13-16H2,1-2H3,(H,25,29)(H,26,30)/p+1/t21-/m1/s1. The van der Waals surface area contributed by atoms with Crippen LogP contribution in [0.1, 0.15) is 30.0 Å². The van der Waals surface area contributed by atoms with E-state index in [1.165, 1.54) is 29.9 Å². The van der Waals surface area contributed by atoms with Gasteiger partial charge in [-0.3, -0.25) is 9.59 Å². The molecular formula is C23H30FN4O2+. The van der Waals surface area contributed by atoms with Crippen LogP contribution in [0.4, 0.5) is 10.1 Å². The van der Waals surface area contributed by atoms with Crippen molar-refractivity contribution in [3.05, 3.63) is 65.5 Å². The van der Waals surface area contributed by atoms with Crippen molar-refractivity contribution in [2.75, 3.05) is 38.6 Å². The van der Waals surface area contributed by atoms with Crippen LogP contribution in [0.25, 0.3) is 0 Å². The van der Waals surface area contributed by atoms with Crippen molar-refractivity contribution in [3.63, 3.8) is 0 Å². The number of quaternary nitrogens is 1. The smallest absolute Gasteiger partial charge is 0.309 e. The van der Waals surface area contributed by atoms with E-state index in [0.717, 1.165) is 29.9 Å². The predicted octanol–water partition coefficient (Wildman–Crippen LogP) is 1.04. The van der Waals surface area contributed by atoms with Gasteiger partial charge in [-0.2, -0.15) is 0 Å². The Balaban J connectivity index is 1.58. The number of halogens is 1. The van der Waals surface area contributed by atoms with Crippen molar-refractivity contribution in [2.24, 2.45) is 0 Å². The van der Waals surface area contributed by atoms with E-state index < -0.39 is 11.8 Å². The highest BCUT2D eigenvalue weighted by molar-refractivity contribution is 6.35. The molecule has 0 unspecified atom stereocenters. The zero-order valence-corrected chi connectivity index (χ0v) is 17.6. The van der Waals surface area contributed by atoms with Crippen LogP contribution in [-0.4, -0.2) is 45.5 Å². The minimum Gasteiger partial charge on any atom is -0.378 e. The number of hydrogen-bond acceptors (Lipinski definition) is 3. The Bertz CT molecular complexity index is 847. The van der Waals surface area contributed by atoms with Crippen molar-refractivity contribution in [2.45, 2.75) is 25.4 Å². The minimum absolute atomic E-state index is 0.109. The number of hydrogen-bond donors (Lipinski definition) is 3. The van der Waals surface area contributed by atoms with Crippen LogP contribution in [0.2, 0.25) is 0 Å². The van der Waals surface area contributed by atoms with Crippen LogP contribution in [0, 0.1) is 5.82 Å². The average molecular weight is 414 g/mol. The van der Waals surface area contributed by atoms with Gasteiger partial charge in [0.1, 0.15) is 11.9 Å². The van der Waals surface area contributed by atoms with Gasteiger partial charge in [0.05, 0.1) is 19.6 Å². The summed E-state index contributed by atoms with van der Waals surface area (Å²) >= 11 is 0. The van der Waals surface area contributed by atoms with Gasteiger partial charge >= 0.3 is 11.8 Å². The minimum atomic E-state index is -0.683. The van der Waals surface area contributed by atoms with Crippen LogP contribution < -0.4 is 20.4 Å². The van der Waals surface area contributed by atoms with Crippen LogP contribution in [0.15, 0.2) is 48.5 Å². The first-order valence-corrected chi connectivity index (χ1v) is 10.4. The van der Waals surface area contributed by atoms with Crippen LogP contribution in [0.5, 0.6) is 0 Å². The molecule has 160 valence electrons. The fraction of sp³-hybridized carbons (Fsp3) is 0.391. The largest absolute Gasteiger partial charge is 0.378 e. The molecule has 6 nitrogen and oxygen atoms in total. The molecule has 1 aliphatic heterocycles. The lowest BCUT2D eigenvalue weighted by Crippen LogP contribution is -3.11. The number of carbonyl (C=O) groups is 2. The number of nitrogens with one attached hydrogen (secondary N) is 3. The molecule has 3 rings (SSSR count). The Morgan fingerprint density at radius 3 is 2.17 bits per heavy atom. The van der Waals surface area contributed by atoms with Gasteiger partial charge in [0.25, 0.3) is 0 Å². The summed E-state index contributed by atoms with van der Waals surface area (Å²) in [5, 5.41) is 5.38. The SMILES string of the molecule is CN(C)c1ccc([C@@H](CNC(=O)C(=O)NCc2ccc(F)cc2)[NH+]2CCCC2)cc1. The second-order valence-electron chi connectivity index (χ2n) is 7.92. The Kier molecular flexibility index (Phi) is 7.41. The number of likely N-dealkylation sites (tertiary alicyclic amines) is 1. The fourth-order valence-corrected chi connectivity index (χ4v) is 3.82. The summed E-state index contributed by atoms with van der Waals surface area (Å²) in [6, 6.07) is 14.3. The fourth-order valence-electron chi connectivity index (χ4n) is 3.82. The highest BCUT2D eigenvalue weighted by atomic mass is 19.1. The van der Waals surface area contributed by atoms with Gasteiger partial charge in [0.2, 0.25) is 0 Å². The Morgan fingerprint density at radius 2 is 1.57 bits per heavy atom. The van der Waals surface area contributed by atoms with Gasteiger partial charge in [-0.15, -0.1) is 0 Å². The van der Waals surface area contributed by atoms with E-state index in [1.807, 2.05) is 14.1 Å². The number of amides is 2. The number of rotatable bonds is 7. The second-order valence-corrected chi connectivity index (χ2v) is 7.92. The van der Waals surface area contributed by atoms with Crippen LogP contribution in [-0.2, 0) is 16.1 Å². The van der Waals surface area contributed by atoms with E-state index in [-0.39, 0.29) is 18.4 Å². The highest BCUT2D eigenvalue weighted by Crippen LogP contribution is 2.17. The van der Waals surface area contributed by atoms with Gasteiger partial charge < -0.3 is 20.4 Å². The summed E-state index contributed by atoms with van der Waals surface area (Å²) in [5.41, 5.74) is 3.01. The summed E-state index contributed by atoms with van der Waals surface area (Å²) in [7, 11) is 4.01. The summed E-state index contributed by atoms with van der Waals surface area (Å²) in [5.74, 6) is -1.67. The molecule has 3 N–H and O–H groups in total. The third-order valence-electron chi connectivity index (χ3n) is 5.59. The second kappa shape index (κ2) is 10.2. The molecule has 0 aromatic heterocycles. The molecule has 0 radical (unpaired) electrons. The maximum Gasteiger partial charge on any atom is 0.309 e. The zero-order valence-electron chi connectivity index (χ0n) is 17.6. The van der Waals surface area contributed by atoms with Gasteiger partial charge in [-0.25, -0.2) is 4.39 Å².